The predicted molar refractivity (Wildman–Crippen MR) is 132 cm³/mol. The number of aliphatic carboxylic acids is 1. The first-order valence-corrected chi connectivity index (χ1v) is 14.1. The molecule has 9 atom stereocenters. The van der Waals surface area contributed by atoms with E-state index in [0.29, 0.717) is 39.3 Å². The van der Waals surface area contributed by atoms with Gasteiger partial charge >= 0.3 is 5.97 Å². The van der Waals surface area contributed by atoms with Crippen molar-refractivity contribution in [2.75, 3.05) is 0 Å². The molecule has 5 fully saturated rings. The Labute approximate surface area is 201 Å². The minimum atomic E-state index is -0.651. The number of carboxylic acid groups (broad SMARTS) is 1. The van der Waals surface area contributed by atoms with Gasteiger partial charge in [0.25, 0.3) is 0 Å². The first-order valence-electron chi connectivity index (χ1n) is 14.1. The molecule has 1 N–H and O–H groups in total. The van der Waals surface area contributed by atoms with Crippen LogP contribution in [0.5, 0.6) is 0 Å². The van der Waals surface area contributed by atoms with Gasteiger partial charge in [-0.05, 0) is 103 Å². The van der Waals surface area contributed by atoms with E-state index in [-0.39, 0.29) is 11.3 Å². The van der Waals surface area contributed by atoms with Crippen molar-refractivity contribution in [2.45, 2.75) is 119 Å². The van der Waals surface area contributed by atoms with Crippen LogP contribution in [0.1, 0.15) is 119 Å². The van der Waals surface area contributed by atoms with E-state index < -0.39 is 5.97 Å². The highest BCUT2D eigenvalue weighted by Gasteiger charge is 2.82. The maximum absolute atomic E-state index is 12.8. The van der Waals surface area contributed by atoms with Crippen molar-refractivity contribution in [3.8, 4) is 0 Å². The van der Waals surface area contributed by atoms with Crippen LogP contribution in [-0.4, -0.2) is 16.9 Å². The summed E-state index contributed by atoms with van der Waals surface area (Å²) in [4.78, 5) is 24.1. The van der Waals surface area contributed by atoms with Gasteiger partial charge in [-0.2, -0.15) is 0 Å². The van der Waals surface area contributed by atoms with Crippen LogP contribution in [0.25, 0.3) is 0 Å². The summed E-state index contributed by atoms with van der Waals surface area (Å²) < 4.78 is 0. The van der Waals surface area contributed by atoms with Gasteiger partial charge in [-0.1, -0.05) is 54.4 Å². The summed E-state index contributed by atoms with van der Waals surface area (Å²) >= 11 is 0. The van der Waals surface area contributed by atoms with Crippen molar-refractivity contribution in [3.63, 3.8) is 0 Å². The lowest BCUT2D eigenvalue weighted by molar-refractivity contribution is -0.157. The van der Waals surface area contributed by atoms with Gasteiger partial charge in [0, 0.05) is 11.8 Å². The Bertz CT molecular complexity index is 845. The Morgan fingerprint density at radius 1 is 0.909 bits per heavy atom. The molecule has 33 heavy (non-hydrogen) atoms. The Kier molecular flexibility index (Phi) is 5.30. The zero-order valence-corrected chi connectivity index (χ0v) is 22.1. The summed E-state index contributed by atoms with van der Waals surface area (Å²) in [7, 11) is 0. The van der Waals surface area contributed by atoms with E-state index in [1.165, 1.54) is 57.8 Å². The third-order valence-electron chi connectivity index (χ3n) is 13.3. The number of carbonyl (C=O) groups excluding carboxylic acids is 1. The zero-order chi connectivity index (χ0) is 24.0. The van der Waals surface area contributed by atoms with Crippen molar-refractivity contribution >= 4 is 11.8 Å². The van der Waals surface area contributed by atoms with Gasteiger partial charge in [0.15, 0.2) is 0 Å². The SMILES string of the molecule is CC(CCCC(C)C1CCC2(C)C3CCC4C(C)(C)C(=O)CCC45CC35CCC12C)C(=O)O. The number of hydrogen-bond donors (Lipinski definition) is 1. The van der Waals surface area contributed by atoms with Crippen LogP contribution >= 0.6 is 0 Å². The number of carboxylic acids is 1. The van der Waals surface area contributed by atoms with E-state index in [9.17, 15) is 14.7 Å². The summed E-state index contributed by atoms with van der Waals surface area (Å²) in [5, 5.41) is 9.24. The molecule has 5 aliphatic carbocycles. The highest BCUT2D eigenvalue weighted by atomic mass is 16.4. The molecule has 5 rings (SSSR count). The molecule has 0 aromatic carbocycles. The van der Waals surface area contributed by atoms with Crippen LogP contribution in [0, 0.1) is 56.7 Å². The van der Waals surface area contributed by atoms with Gasteiger partial charge in [-0.25, -0.2) is 0 Å². The second kappa shape index (κ2) is 7.33. The Morgan fingerprint density at radius 2 is 1.58 bits per heavy atom. The minimum Gasteiger partial charge on any atom is -0.481 e. The van der Waals surface area contributed by atoms with E-state index in [1.807, 2.05) is 6.92 Å². The molecule has 0 amide bonds. The molecule has 3 nitrogen and oxygen atoms in total. The van der Waals surface area contributed by atoms with E-state index in [1.54, 1.807) is 0 Å². The first kappa shape index (κ1) is 23.9. The fourth-order valence-electron chi connectivity index (χ4n) is 11.2. The average molecular weight is 457 g/mol. The molecule has 186 valence electrons. The zero-order valence-electron chi connectivity index (χ0n) is 22.1. The molecule has 0 bridgehead atoms. The second-order valence-electron chi connectivity index (χ2n) is 14.4. The van der Waals surface area contributed by atoms with Crippen LogP contribution in [0.3, 0.4) is 0 Å². The third-order valence-corrected chi connectivity index (χ3v) is 13.3. The molecular formula is C30H48O3. The van der Waals surface area contributed by atoms with Crippen molar-refractivity contribution in [3.05, 3.63) is 0 Å². The maximum atomic E-state index is 12.8. The van der Waals surface area contributed by atoms with Gasteiger partial charge < -0.3 is 5.11 Å². The summed E-state index contributed by atoms with van der Waals surface area (Å²) in [6, 6.07) is 0. The quantitative estimate of drug-likeness (QED) is 0.449. The van der Waals surface area contributed by atoms with Crippen molar-refractivity contribution in [1.82, 2.24) is 0 Å². The lowest BCUT2D eigenvalue weighted by atomic mass is 9.42. The van der Waals surface area contributed by atoms with Gasteiger partial charge in [-0.3, -0.25) is 9.59 Å². The van der Waals surface area contributed by atoms with Crippen LogP contribution in [-0.2, 0) is 9.59 Å². The standard InChI is InChI=1S/C30H48O3/c1-19(8-7-9-20(2)25(32)33)21-12-14-28(6)23-11-10-22-26(3,4)24(31)13-15-29(22)18-30(23,29)17-16-27(21,28)5/h19-23H,7-18H2,1-6H3,(H,32,33). The molecule has 0 aliphatic heterocycles. The average Bonchev–Trinajstić information content (AvgIpc) is 3.33. The smallest absolute Gasteiger partial charge is 0.306 e. The summed E-state index contributed by atoms with van der Waals surface area (Å²) in [6.07, 6.45) is 14.5. The number of hydrogen-bond acceptors (Lipinski definition) is 2. The molecule has 9 unspecified atom stereocenters. The minimum absolute atomic E-state index is 0.117. The lowest BCUT2D eigenvalue weighted by Crippen LogP contribution is -2.57. The fraction of sp³-hybridized carbons (Fsp3) is 0.933. The Hall–Kier alpha value is -0.860. The predicted octanol–water partition coefficient (Wildman–Crippen LogP) is 7.52. The van der Waals surface area contributed by atoms with E-state index >= 15 is 0 Å². The lowest BCUT2D eigenvalue weighted by Gasteiger charge is -2.62. The summed E-state index contributed by atoms with van der Waals surface area (Å²) in [5.41, 5.74) is 1.72. The van der Waals surface area contributed by atoms with E-state index in [2.05, 4.69) is 34.6 Å². The monoisotopic (exact) mass is 456 g/mol. The highest BCUT2D eigenvalue weighted by molar-refractivity contribution is 5.86. The van der Waals surface area contributed by atoms with Gasteiger partial charge in [-0.15, -0.1) is 0 Å². The highest BCUT2D eigenvalue weighted by Crippen LogP contribution is 2.88. The topological polar surface area (TPSA) is 54.4 Å². The largest absolute Gasteiger partial charge is 0.481 e. The number of Topliss-reactive ketones (excluding diaryl/α,β-unsaturated/α-hetero) is 1. The molecule has 0 heterocycles. The van der Waals surface area contributed by atoms with Crippen molar-refractivity contribution in [2.24, 2.45) is 56.7 Å². The number of fused-ring (bicyclic) bond motifs is 2. The molecular weight excluding hydrogens is 408 g/mol. The molecule has 0 saturated heterocycles. The molecule has 5 aliphatic rings. The normalized spacial score (nSPS) is 49.3. The van der Waals surface area contributed by atoms with Crippen LogP contribution in [0.4, 0.5) is 0 Å². The van der Waals surface area contributed by atoms with E-state index in [4.69, 9.17) is 0 Å². The molecule has 0 aromatic rings. The van der Waals surface area contributed by atoms with Crippen molar-refractivity contribution < 1.29 is 14.7 Å². The van der Waals surface area contributed by atoms with Crippen LogP contribution in [0.15, 0.2) is 0 Å². The molecule has 2 spiro atoms. The number of rotatable bonds is 6. The van der Waals surface area contributed by atoms with Crippen molar-refractivity contribution in [1.29, 1.82) is 0 Å². The molecule has 3 heteroatoms. The molecule has 0 radical (unpaired) electrons. The maximum Gasteiger partial charge on any atom is 0.306 e. The van der Waals surface area contributed by atoms with E-state index in [0.717, 1.165) is 31.1 Å². The van der Waals surface area contributed by atoms with Gasteiger partial charge in [0.05, 0.1) is 5.92 Å². The van der Waals surface area contributed by atoms with Crippen LogP contribution in [0.2, 0.25) is 0 Å². The Balaban J connectivity index is 1.35. The fourth-order valence-corrected chi connectivity index (χ4v) is 11.2. The third kappa shape index (κ3) is 2.92. The molecule has 0 aromatic heterocycles. The van der Waals surface area contributed by atoms with Gasteiger partial charge in [0.2, 0.25) is 0 Å². The second-order valence-corrected chi connectivity index (χ2v) is 14.4. The van der Waals surface area contributed by atoms with Gasteiger partial charge in [0.1, 0.15) is 5.78 Å². The summed E-state index contributed by atoms with van der Waals surface area (Å²) in [6.45, 7) is 14.2. The first-order chi connectivity index (χ1) is 15.4. The number of carbonyl (C=O) groups is 2. The Morgan fingerprint density at radius 3 is 2.27 bits per heavy atom. The summed E-state index contributed by atoms with van der Waals surface area (Å²) in [5.74, 6) is 2.57. The van der Waals surface area contributed by atoms with Crippen LogP contribution < -0.4 is 0 Å². The molecule has 5 saturated carbocycles. The number of ketones is 1.